The molecule has 2 heterocycles. The van der Waals surface area contributed by atoms with Crippen LogP contribution in [0.5, 0.6) is 5.75 Å². The second-order valence-electron chi connectivity index (χ2n) is 5.99. The normalized spacial score (nSPS) is 10.7. The van der Waals surface area contributed by atoms with Crippen molar-refractivity contribution >= 4 is 5.97 Å². The van der Waals surface area contributed by atoms with E-state index in [1.807, 2.05) is 42.5 Å². The van der Waals surface area contributed by atoms with E-state index in [0.717, 1.165) is 5.56 Å². The van der Waals surface area contributed by atoms with Gasteiger partial charge in [0.1, 0.15) is 18.1 Å². The first kappa shape index (κ1) is 18.4. The zero-order valence-electron chi connectivity index (χ0n) is 15.5. The summed E-state index contributed by atoms with van der Waals surface area (Å²) in [6.07, 6.45) is 0. The summed E-state index contributed by atoms with van der Waals surface area (Å²) >= 11 is 0. The van der Waals surface area contributed by atoms with Crippen molar-refractivity contribution in [2.75, 3.05) is 7.11 Å². The molecule has 0 aliphatic carbocycles. The molecule has 146 valence electrons. The number of carbonyl (C=O) groups is 1. The molecule has 9 heteroatoms. The SMILES string of the molecule is COc1ccc(-n2c(C(=O)OOCc3ccccc3)ccc2-c2nn[nH]n2)cc1. The number of benzene rings is 2. The molecule has 4 aromatic rings. The molecule has 9 nitrogen and oxygen atoms in total. The Labute approximate surface area is 165 Å². The Morgan fingerprint density at radius 1 is 1.03 bits per heavy atom. The third-order valence-electron chi connectivity index (χ3n) is 4.20. The van der Waals surface area contributed by atoms with E-state index >= 15 is 0 Å². The van der Waals surface area contributed by atoms with Crippen LogP contribution in [0.15, 0.2) is 66.7 Å². The zero-order valence-corrected chi connectivity index (χ0v) is 15.5. The smallest absolute Gasteiger partial charge is 0.389 e. The molecule has 0 atom stereocenters. The molecular formula is C20H17N5O4. The summed E-state index contributed by atoms with van der Waals surface area (Å²) in [4.78, 5) is 22.8. The van der Waals surface area contributed by atoms with Crippen LogP contribution in [0, 0.1) is 0 Å². The van der Waals surface area contributed by atoms with Gasteiger partial charge in [-0.3, -0.25) is 4.89 Å². The van der Waals surface area contributed by atoms with Gasteiger partial charge in [0.25, 0.3) is 0 Å². The van der Waals surface area contributed by atoms with Crippen molar-refractivity contribution in [1.82, 2.24) is 25.2 Å². The molecule has 0 amide bonds. The molecule has 0 radical (unpaired) electrons. The van der Waals surface area contributed by atoms with Crippen LogP contribution >= 0.6 is 0 Å². The van der Waals surface area contributed by atoms with Crippen molar-refractivity contribution in [3.05, 3.63) is 78.0 Å². The number of H-pyrrole nitrogens is 1. The van der Waals surface area contributed by atoms with Gasteiger partial charge in [-0.25, -0.2) is 4.79 Å². The van der Waals surface area contributed by atoms with Gasteiger partial charge < -0.3 is 9.30 Å². The van der Waals surface area contributed by atoms with Gasteiger partial charge in [-0.2, -0.15) is 10.1 Å². The highest BCUT2D eigenvalue weighted by Crippen LogP contribution is 2.26. The largest absolute Gasteiger partial charge is 0.497 e. The maximum absolute atomic E-state index is 12.7. The summed E-state index contributed by atoms with van der Waals surface area (Å²) in [5, 5.41) is 14.0. The Hall–Kier alpha value is -3.98. The standard InChI is InChI=1S/C20H17N5O4/c1-27-16-9-7-15(8-10-16)25-17(19-21-23-24-22-19)11-12-18(25)20(26)29-28-13-14-5-3-2-4-6-14/h2-12H,13H2,1H3,(H,21,22,23,24). The lowest BCUT2D eigenvalue weighted by Gasteiger charge is -2.12. The number of aromatic nitrogens is 5. The van der Waals surface area contributed by atoms with Crippen molar-refractivity contribution in [1.29, 1.82) is 0 Å². The predicted molar refractivity (Wildman–Crippen MR) is 102 cm³/mol. The summed E-state index contributed by atoms with van der Waals surface area (Å²) < 4.78 is 6.87. The maximum atomic E-state index is 12.7. The average Bonchev–Trinajstić information content (AvgIpc) is 3.44. The highest BCUT2D eigenvalue weighted by atomic mass is 17.2. The van der Waals surface area contributed by atoms with Gasteiger partial charge in [0.2, 0.25) is 5.82 Å². The van der Waals surface area contributed by atoms with E-state index in [4.69, 9.17) is 14.5 Å². The lowest BCUT2D eigenvalue weighted by molar-refractivity contribution is -0.251. The Morgan fingerprint density at radius 3 is 2.52 bits per heavy atom. The number of carbonyl (C=O) groups excluding carboxylic acids is 1. The molecule has 0 aliphatic rings. The van der Waals surface area contributed by atoms with E-state index in [1.54, 1.807) is 35.9 Å². The summed E-state index contributed by atoms with van der Waals surface area (Å²) in [6.45, 7) is 0.146. The first-order valence-corrected chi connectivity index (χ1v) is 8.74. The van der Waals surface area contributed by atoms with E-state index in [0.29, 0.717) is 23.0 Å². The van der Waals surface area contributed by atoms with Gasteiger partial charge in [-0.1, -0.05) is 30.3 Å². The fourth-order valence-corrected chi connectivity index (χ4v) is 2.82. The van der Waals surface area contributed by atoms with Crippen molar-refractivity contribution in [3.8, 4) is 23.0 Å². The summed E-state index contributed by atoms with van der Waals surface area (Å²) in [5.41, 5.74) is 2.41. The number of rotatable bonds is 7. The van der Waals surface area contributed by atoms with E-state index in [2.05, 4.69) is 20.6 Å². The molecule has 1 N–H and O–H groups in total. The van der Waals surface area contributed by atoms with E-state index in [-0.39, 0.29) is 12.3 Å². The Balaban J connectivity index is 1.61. The Bertz CT molecular complexity index is 1080. The van der Waals surface area contributed by atoms with Crippen LogP contribution in [0.25, 0.3) is 17.2 Å². The topological polar surface area (TPSA) is 104 Å². The monoisotopic (exact) mass is 391 g/mol. The Kier molecular flexibility index (Phi) is 5.30. The van der Waals surface area contributed by atoms with Crippen LogP contribution in [-0.2, 0) is 16.4 Å². The van der Waals surface area contributed by atoms with Crippen molar-refractivity contribution in [3.63, 3.8) is 0 Å². The van der Waals surface area contributed by atoms with Crippen molar-refractivity contribution < 1.29 is 19.3 Å². The molecule has 2 aromatic heterocycles. The molecule has 0 fully saturated rings. The average molecular weight is 391 g/mol. The van der Waals surface area contributed by atoms with E-state index in [1.165, 1.54) is 0 Å². The first-order valence-electron chi connectivity index (χ1n) is 8.74. The van der Waals surface area contributed by atoms with Crippen molar-refractivity contribution in [2.24, 2.45) is 0 Å². The number of methoxy groups -OCH3 is 1. The second-order valence-corrected chi connectivity index (χ2v) is 5.99. The van der Waals surface area contributed by atoms with Crippen molar-refractivity contribution in [2.45, 2.75) is 6.61 Å². The minimum absolute atomic E-state index is 0.146. The number of hydrogen-bond donors (Lipinski definition) is 1. The fourth-order valence-electron chi connectivity index (χ4n) is 2.82. The van der Waals surface area contributed by atoms with Crippen LogP contribution in [0.1, 0.15) is 16.1 Å². The minimum atomic E-state index is -0.647. The molecule has 0 saturated carbocycles. The molecule has 0 aliphatic heterocycles. The number of tetrazole rings is 1. The highest BCUT2D eigenvalue weighted by Gasteiger charge is 2.21. The van der Waals surface area contributed by atoms with Gasteiger partial charge in [-0.15, -0.1) is 10.2 Å². The number of aromatic amines is 1. The minimum Gasteiger partial charge on any atom is -0.497 e. The first-order chi connectivity index (χ1) is 14.3. The van der Waals surface area contributed by atoms with E-state index in [9.17, 15) is 4.79 Å². The lowest BCUT2D eigenvalue weighted by Crippen LogP contribution is -2.12. The quantitative estimate of drug-likeness (QED) is 0.381. The molecule has 2 aromatic carbocycles. The summed E-state index contributed by atoms with van der Waals surface area (Å²) in [6, 6.07) is 19.9. The summed E-state index contributed by atoms with van der Waals surface area (Å²) in [5.74, 6) is 0.383. The van der Waals surface area contributed by atoms with Crippen LogP contribution in [-0.4, -0.2) is 38.3 Å². The number of ether oxygens (including phenoxy) is 1. The lowest BCUT2D eigenvalue weighted by atomic mass is 10.2. The number of nitrogens with zero attached hydrogens (tertiary/aromatic N) is 4. The van der Waals surface area contributed by atoms with Gasteiger partial charge in [0.15, 0.2) is 0 Å². The molecule has 0 spiro atoms. The van der Waals surface area contributed by atoms with Gasteiger partial charge in [0.05, 0.1) is 12.8 Å². The predicted octanol–water partition coefficient (Wildman–Crippen LogP) is 2.95. The molecule has 4 rings (SSSR count). The number of nitrogens with one attached hydrogen (secondary N) is 1. The zero-order chi connectivity index (χ0) is 20.1. The molecular weight excluding hydrogens is 374 g/mol. The van der Waals surface area contributed by atoms with Gasteiger partial charge in [0, 0.05) is 5.69 Å². The molecule has 0 saturated heterocycles. The van der Waals surface area contributed by atoms with Gasteiger partial charge in [-0.05, 0) is 47.2 Å². The van der Waals surface area contributed by atoms with Crippen LogP contribution in [0.2, 0.25) is 0 Å². The summed E-state index contributed by atoms with van der Waals surface area (Å²) in [7, 11) is 1.59. The van der Waals surface area contributed by atoms with E-state index < -0.39 is 5.97 Å². The molecule has 0 unspecified atom stereocenters. The fraction of sp³-hybridized carbons (Fsp3) is 0.100. The van der Waals surface area contributed by atoms with Crippen LogP contribution in [0.3, 0.4) is 0 Å². The molecule has 0 bridgehead atoms. The maximum Gasteiger partial charge on any atom is 0.389 e. The second kappa shape index (κ2) is 8.36. The van der Waals surface area contributed by atoms with Crippen LogP contribution < -0.4 is 4.74 Å². The van der Waals surface area contributed by atoms with Crippen LogP contribution in [0.4, 0.5) is 0 Å². The van der Waals surface area contributed by atoms with Gasteiger partial charge >= 0.3 is 5.97 Å². The highest BCUT2D eigenvalue weighted by molar-refractivity contribution is 5.89. The Morgan fingerprint density at radius 2 is 1.83 bits per heavy atom. The third-order valence-corrected chi connectivity index (χ3v) is 4.20. The third kappa shape index (κ3) is 3.99. The number of hydrogen-bond acceptors (Lipinski definition) is 7. The molecule has 29 heavy (non-hydrogen) atoms.